The van der Waals surface area contributed by atoms with E-state index in [0.717, 1.165) is 0 Å². The molecule has 2 aromatic rings. The molecule has 0 bridgehead atoms. The smallest absolute Gasteiger partial charge is 0.331 e. The Balaban J connectivity index is 1.91. The van der Waals surface area contributed by atoms with Gasteiger partial charge in [0.2, 0.25) is 0 Å². The van der Waals surface area contributed by atoms with Crippen LogP contribution in [0.2, 0.25) is 10.0 Å². The Morgan fingerprint density at radius 1 is 1.13 bits per heavy atom. The molecule has 2 aromatic carbocycles. The number of hydrogen-bond acceptors (Lipinski definition) is 3. The van der Waals surface area contributed by atoms with Crippen LogP contribution in [-0.4, -0.2) is 24.6 Å². The topological polar surface area (TPSA) is 61.8 Å². The van der Waals surface area contributed by atoms with Crippen LogP contribution < -0.4 is 10.3 Å². The highest BCUT2D eigenvalue weighted by Crippen LogP contribution is 2.26. The van der Waals surface area contributed by atoms with E-state index in [9.17, 15) is 9.59 Å². The van der Waals surface area contributed by atoms with Crippen molar-refractivity contribution in [2.45, 2.75) is 0 Å². The van der Waals surface area contributed by atoms with Crippen molar-refractivity contribution in [1.82, 2.24) is 5.32 Å². The van der Waals surface area contributed by atoms with Gasteiger partial charge in [0.15, 0.2) is 5.78 Å². The summed E-state index contributed by atoms with van der Waals surface area (Å²) in [6, 6.07) is 10.9. The Kier molecular flexibility index (Phi) is 4.32. The van der Waals surface area contributed by atoms with E-state index < -0.39 is 0 Å². The van der Waals surface area contributed by atoms with Crippen molar-refractivity contribution in [2.24, 2.45) is 5.10 Å². The fraction of sp³-hybridized carbons (Fsp3) is 0.0625. The van der Waals surface area contributed by atoms with Gasteiger partial charge in [0.05, 0.1) is 17.3 Å². The van der Waals surface area contributed by atoms with Gasteiger partial charge in [-0.1, -0.05) is 23.2 Å². The fourth-order valence-corrected chi connectivity index (χ4v) is 2.53. The van der Waals surface area contributed by atoms with Crippen LogP contribution in [0.3, 0.4) is 0 Å². The maximum absolute atomic E-state index is 12.5. The average Bonchev–Trinajstić information content (AvgIpc) is 2.55. The van der Waals surface area contributed by atoms with Crippen molar-refractivity contribution in [3.05, 3.63) is 63.6 Å². The molecule has 2 amide bonds. The Morgan fingerprint density at radius 2 is 1.87 bits per heavy atom. The molecule has 3 rings (SSSR count). The number of anilines is 1. The lowest BCUT2D eigenvalue weighted by Gasteiger charge is -2.21. The van der Waals surface area contributed by atoms with E-state index in [1.807, 2.05) is 0 Å². The molecule has 1 N–H and O–H groups in total. The molecule has 5 nitrogen and oxygen atoms in total. The van der Waals surface area contributed by atoms with Gasteiger partial charge in [-0.05, 0) is 42.5 Å². The van der Waals surface area contributed by atoms with E-state index in [4.69, 9.17) is 23.2 Å². The third-order valence-electron chi connectivity index (χ3n) is 3.28. The zero-order valence-electron chi connectivity index (χ0n) is 11.8. The lowest BCUT2D eigenvalue weighted by molar-refractivity contribution is 0.103. The molecular formula is C16H11Cl2N3O2. The summed E-state index contributed by atoms with van der Waals surface area (Å²) in [5.74, 6) is -0.218. The molecular weight excluding hydrogens is 337 g/mol. The first-order chi connectivity index (χ1) is 11.1. The predicted molar refractivity (Wildman–Crippen MR) is 90.7 cm³/mol. The molecule has 1 aliphatic heterocycles. The molecule has 1 aliphatic rings. The summed E-state index contributed by atoms with van der Waals surface area (Å²) < 4.78 is 0. The predicted octanol–water partition coefficient (Wildman–Crippen LogP) is 3.74. The third kappa shape index (κ3) is 3.21. The first-order valence-corrected chi connectivity index (χ1v) is 7.52. The average molecular weight is 348 g/mol. The second-order valence-corrected chi connectivity index (χ2v) is 5.64. The number of hydrazone groups is 1. The van der Waals surface area contributed by atoms with Crippen LogP contribution in [-0.2, 0) is 0 Å². The first-order valence-electron chi connectivity index (χ1n) is 6.76. The number of carbonyl (C=O) groups is 2. The highest BCUT2D eigenvalue weighted by Gasteiger charge is 2.20. The van der Waals surface area contributed by atoms with Gasteiger partial charge < -0.3 is 5.32 Å². The number of nitrogens with one attached hydrogen (secondary N) is 1. The van der Waals surface area contributed by atoms with Gasteiger partial charge in [0.1, 0.15) is 0 Å². The Bertz CT molecular complexity index is 803. The fourth-order valence-electron chi connectivity index (χ4n) is 2.14. The van der Waals surface area contributed by atoms with Crippen LogP contribution in [0.15, 0.2) is 47.6 Å². The Morgan fingerprint density at radius 3 is 2.52 bits per heavy atom. The number of carbonyl (C=O) groups excluding carboxylic acids is 2. The summed E-state index contributed by atoms with van der Waals surface area (Å²) in [6.07, 6.45) is 1.57. The van der Waals surface area contributed by atoms with Crippen LogP contribution in [0.25, 0.3) is 0 Å². The SMILES string of the molecule is O=C(c1ccc(Cl)cc1)c1ccc(N2N=CCNC2=O)cc1Cl. The lowest BCUT2D eigenvalue weighted by atomic mass is 10.0. The van der Waals surface area contributed by atoms with Crippen molar-refractivity contribution in [2.75, 3.05) is 11.6 Å². The molecule has 7 heteroatoms. The molecule has 0 fully saturated rings. The van der Waals surface area contributed by atoms with Gasteiger partial charge in [-0.15, -0.1) is 0 Å². The van der Waals surface area contributed by atoms with E-state index >= 15 is 0 Å². The van der Waals surface area contributed by atoms with Crippen molar-refractivity contribution in [3.8, 4) is 0 Å². The normalized spacial score (nSPS) is 13.8. The minimum absolute atomic E-state index is 0.218. The Labute approximate surface area is 142 Å². The van der Waals surface area contributed by atoms with Crippen LogP contribution in [0.1, 0.15) is 15.9 Å². The van der Waals surface area contributed by atoms with E-state index in [-0.39, 0.29) is 16.8 Å². The van der Waals surface area contributed by atoms with Crippen molar-refractivity contribution in [1.29, 1.82) is 0 Å². The van der Waals surface area contributed by atoms with Gasteiger partial charge in [-0.3, -0.25) is 4.79 Å². The number of rotatable bonds is 3. The van der Waals surface area contributed by atoms with Crippen LogP contribution in [0.5, 0.6) is 0 Å². The molecule has 0 radical (unpaired) electrons. The maximum Gasteiger partial charge on any atom is 0.342 e. The van der Waals surface area contributed by atoms with Gasteiger partial charge in [0.25, 0.3) is 0 Å². The molecule has 0 aromatic heterocycles. The van der Waals surface area contributed by atoms with E-state index in [0.29, 0.717) is 28.4 Å². The first kappa shape index (κ1) is 15.5. The minimum Gasteiger partial charge on any atom is -0.331 e. The minimum atomic E-state index is -0.347. The number of benzene rings is 2. The number of amides is 2. The van der Waals surface area contributed by atoms with Gasteiger partial charge in [-0.2, -0.15) is 10.1 Å². The van der Waals surface area contributed by atoms with E-state index in [2.05, 4.69) is 10.4 Å². The number of ketones is 1. The summed E-state index contributed by atoms with van der Waals surface area (Å²) in [6.45, 7) is 0.385. The molecule has 0 atom stereocenters. The number of halogens is 2. The molecule has 0 saturated heterocycles. The summed E-state index contributed by atoms with van der Waals surface area (Å²) in [4.78, 5) is 24.2. The lowest BCUT2D eigenvalue weighted by Crippen LogP contribution is -2.41. The van der Waals surface area contributed by atoms with Crippen LogP contribution in [0, 0.1) is 0 Å². The maximum atomic E-state index is 12.5. The third-order valence-corrected chi connectivity index (χ3v) is 3.85. The Hall–Kier alpha value is -2.37. The second-order valence-electron chi connectivity index (χ2n) is 4.80. The monoisotopic (exact) mass is 347 g/mol. The highest BCUT2D eigenvalue weighted by atomic mass is 35.5. The summed E-state index contributed by atoms with van der Waals surface area (Å²) in [7, 11) is 0. The van der Waals surface area contributed by atoms with Crippen molar-refractivity contribution in [3.63, 3.8) is 0 Å². The second kappa shape index (κ2) is 6.40. The van der Waals surface area contributed by atoms with Gasteiger partial charge in [-0.25, -0.2) is 4.79 Å². The van der Waals surface area contributed by atoms with Gasteiger partial charge >= 0.3 is 6.03 Å². The molecule has 0 spiro atoms. The highest BCUT2D eigenvalue weighted by molar-refractivity contribution is 6.35. The molecule has 0 unspecified atom stereocenters. The standard InChI is InChI=1S/C16H11Cl2N3O2/c17-11-3-1-10(2-4-11)15(22)13-6-5-12(9-14(13)18)21-16(23)19-7-8-20-21/h1-6,8-9H,7H2,(H,19,23). The number of hydrogen-bond donors (Lipinski definition) is 1. The molecule has 0 saturated carbocycles. The summed E-state index contributed by atoms with van der Waals surface area (Å²) >= 11 is 12.0. The zero-order chi connectivity index (χ0) is 16.4. The zero-order valence-corrected chi connectivity index (χ0v) is 13.3. The van der Waals surface area contributed by atoms with E-state index in [1.165, 1.54) is 11.1 Å². The number of nitrogens with zero attached hydrogens (tertiary/aromatic N) is 2. The van der Waals surface area contributed by atoms with Crippen LogP contribution in [0.4, 0.5) is 10.5 Å². The molecule has 0 aliphatic carbocycles. The van der Waals surface area contributed by atoms with Crippen molar-refractivity contribution >= 4 is 46.9 Å². The largest absolute Gasteiger partial charge is 0.342 e. The van der Waals surface area contributed by atoms with Gasteiger partial charge in [0, 0.05) is 22.4 Å². The quantitative estimate of drug-likeness (QED) is 0.859. The number of urea groups is 1. The van der Waals surface area contributed by atoms with Crippen LogP contribution >= 0.6 is 23.2 Å². The summed E-state index contributed by atoms with van der Waals surface area (Å²) in [5.41, 5.74) is 1.31. The molecule has 116 valence electrons. The summed E-state index contributed by atoms with van der Waals surface area (Å²) in [5, 5.41) is 8.62. The molecule has 1 heterocycles. The molecule has 23 heavy (non-hydrogen) atoms. The van der Waals surface area contributed by atoms with E-state index in [1.54, 1.807) is 42.6 Å². The van der Waals surface area contributed by atoms with Crippen molar-refractivity contribution < 1.29 is 9.59 Å².